The van der Waals surface area contributed by atoms with Crippen LogP contribution in [0.4, 0.5) is 0 Å². The molecule has 0 fully saturated rings. The van der Waals surface area contributed by atoms with E-state index in [1.165, 1.54) is 11.1 Å². The molecule has 0 saturated carbocycles. The molecule has 1 aromatic carbocycles. The van der Waals surface area contributed by atoms with E-state index in [1.54, 1.807) is 0 Å². The number of hydrogen-bond acceptors (Lipinski definition) is 2. The van der Waals surface area contributed by atoms with Crippen LogP contribution in [0.5, 0.6) is 0 Å². The van der Waals surface area contributed by atoms with E-state index in [1.807, 2.05) is 0 Å². The number of isocyanates is 2. The van der Waals surface area contributed by atoms with Crippen molar-refractivity contribution in [3.05, 3.63) is 46.2 Å². The molecule has 1 rings (SSSR count). The van der Waals surface area contributed by atoms with Crippen LogP contribution in [0.15, 0.2) is 24.3 Å². The Kier molecular flexibility index (Phi) is 11.4. The molecule has 0 heterocycles. The highest BCUT2D eigenvalue weighted by Gasteiger charge is 1.80. The molecule has 0 spiro atoms. The Morgan fingerprint density at radius 1 is 1.00 bits per heavy atom. The molecule has 0 amide bonds. The van der Waals surface area contributed by atoms with Crippen LogP contribution in [0, 0.1) is 13.8 Å². The lowest BCUT2D eigenvalue weighted by Gasteiger charge is -1.90. The third-order valence-corrected chi connectivity index (χ3v) is 1.17. The van der Waals surface area contributed by atoms with Gasteiger partial charge in [-0.25, -0.2) is 0 Å². The number of hydrogen-bond donors (Lipinski definition) is 0. The van der Waals surface area contributed by atoms with Gasteiger partial charge < -0.3 is 10.8 Å². The molecule has 0 unspecified atom stereocenters. The van der Waals surface area contributed by atoms with E-state index in [9.17, 15) is 0 Å². The predicted octanol–water partition coefficient (Wildman–Crippen LogP) is 2.09. The first kappa shape index (κ1) is 14.5. The molecule has 0 saturated heterocycles. The van der Waals surface area contributed by atoms with Crippen LogP contribution in [-0.4, -0.2) is 12.2 Å². The molecule has 0 bridgehead atoms. The van der Waals surface area contributed by atoms with Gasteiger partial charge in [0.2, 0.25) is 0 Å². The van der Waals surface area contributed by atoms with E-state index in [-0.39, 0.29) is 0 Å². The van der Waals surface area contributed by atoms with Crippen LogP contribution in [0.3, 0.4) is 0 Å². The molecule has 14 heavy (non-hydrogen) atoms. The third-order valence-electron chi connectivity index (χ3n) is 1.17. The zero-order valence-corrected chi connectivity index (χ0v) is 8.02. The maximum absolute atomic E-state index is 8.24. The Bertz CT molecular complexity index is 293. The number of rotatable bonds is 0. The van der Waals surface area contributed by atoms with Gasteiger partial charge >= 0.3 is 0 Å². The zero-order chi connectivity index (χ0) is 11.4. The first-order valence-electron chi connectivity index (χ1n) is 3.68. The Hall–Kier alpha value is -2.02. The summed E-state index contributed by atoms with van der Waals surface area (Å²) < 4.78 is 0. The summed E-state index contributed by atoms with van der Waals surface area (Å²) >= 11 is 0. The number of benzene rings is 1. The standard InChI is InChI=1S/C8H10.2CNO/c1-7-4-3-5-8(2)6-7;2*2-1-3/h3-6H,1-2H3;;/q;2*-1. The first-order valence-corrected chi connectivity index (χ1v) is 3.68. The van der Waals surface area contributed by atoms with Crippen LogP contribution in [-0.2, 0) is 9.59 Å². The summed E-state index contributed by atoms with van der Waals surface area (Å²) in [6.07, 6.45) is 1.00. The summed E-state index contributed by atoms with van der Waals surface area (Å²) in [5.41, 5.74) is 2.68. The lowest BCUT2D eigenvalue weighted by Crippen LogP contribution is -1.71. The van der Waals surface area contributed by atoms with Crippen molar-refractivity contribution in [3.8, 4) is 0 Å². The predicted molar refractivity (Wildman–Crippen MR) is 54.0 cm³/mol. The zero-order valence-electron chi connectivity index (χ0n) is 8.02. The molecule has 1 aromatic rings. The summed E-state index contributed by atoms with van der Waals surface area (Å²) in [5.74, 6) is 0. The molecule has 0 aliphatic rings. The lowest BCUT2D eigenvalue weighted by atomic mass is 10.2. The van der Waals surface area contributed by atoms with Crippen LogP contribution < -0.4 is 0 Å². The van der Waals surface area contributed by atoms with Gasteiger partial charge in [-0.1, -0.05) is 35.4 Å². The lowest BCUT2D eigenvalue weighted by molar-refractivity contribution is 0.568. The number of nitrogens with zero attached hydrogens (tertiary/aromatic N) is 2. The maximum atomic E-state index is 8.24. The second-order valence-electron chi connectivity index (χ2n) is 2.34. The second-order valence-corrected chi connectivity index (χ2v) is 2.34. The number of aryl methyl sites for hydroxylation is 2. The molecule has 0 radical (unpaired) electrons. The normalized spacial score (nSPS) is 6.43. The molecule has 0 aromatic heterocycles. The smallest absolute Gasteiger partial charge is 0.0159 e. The van der Waals surface area contributed by atoms with Crippen molar-refractivity contribution < 1.29 is 9.59 Å². The minimum atomic E-state index is 0.500. The maximum Gasteiger partial charge on any atom is -0.0159 e. The van der Waals surface area contributed by atoms with Crippen molar-refractivity contribution in [2.45, 2.75) is 13.8 Å². The summed E-state index contributed by atoms with van der Waals surface area (Å²) in [7, 11) is 0. The van der Waals surface area contributed by atoms with E-state index in [4.69, 9.17) is 20.4 Å². The fourth-order valence-corrected chi connectivity index (χ4v) is 0.807. The van der Waals surface area contributed by atoms with Gasteiger partial charge in [0, 0.05) is 0 Å². The van der Waals surface area contributed by atoms with Crippen molar-refractivity contribution in [2.75, 3.05) is 0 Å². The van der Waals surface area contributed by atoms with E-state index in [0.717, 1.165) is 0 Å². The van der Waals surface area contributed by atoms with Crippen molar-refractivity contribution in [1.29, 1.82) is 0 Å². The fraction of sp³-hybridized carbons (Fsp3) is 0.200. The van der Waals surface area contributed by atoms with Gasteiger partial charge in [-0.15, -0.1) is 0 Å². The molecule has 4 heteroatoms. The van der Waals surface area contributed by atoms with Gasteiger partial charge in [-0.2, -0.15) is 0 Å². The topological polar surface area (TPSA) is 78.7 Å². The molecule has 4 nitrogen and oxygen atoms in total. The van der Waals surface area contributed by atoms with Crippen LogP contribution in [0.2, 0.25) is 0 Å². The highest BCUT2D eigenvalue weighted by Crippen LogP contribution is 2.00. The molecule has 0 atom stereocenters. The van der Waals surface area contributed by atoms with E-state index in [0.29, 0.717) is 12.2 Å². The molecular weight excluding hydrogens is 180 g/mol. The average molecular weight is 190 g/mol. The van der Waals surface area contributed by atoms with E-state index >= 15 is 0 Å². The van der Waals surface area contributed by atoms with Gasteiger partial charge in [0.1, 0.15) is 0 Å². The Morgan fingerprint density at radius 2 is 1.29 bits per heavy atom. The highest BCUT2D eigenvalue weighted by molar-refractivity contribution is 5.37. The van der Waals surface area contributed by atoms with Crippen molar-refractivity contribution in [1.82, 2.24) is 0 Å². The molecule has 74 valence electrons. The Balaban J connectivity index is 0. The van der Waals surface area contributed by atoms with Crippen LogP contribution in [0.25, 0.3) is 10.8 Å². The van der Waals surface area contributed by atoms with Crippen LogP contribution >= 0.6 is 0 Å². The summed E-state index contributed by atoms with van der Waals surface area (Å²) in [6, 6.07) is 8.45. The summed E-state index contributed by atoms with van der Waals surface area (Å²) in [6.45, 7) is 4.21. The average Bonchev–Trinajstić information content (AvgIpc) is 2.06. The summed E-state index contributed by atoms with van der Waals surface area (Å²) in [4.78, 5) is 16.5. The Morgan fingerprint density at radius 3 is 1.43 bits per heavy atom. The second kappa shape index (κ2) is 11.0. The van der Waals surface area contributed by atoms with Crippen LogP contribution in [0.1, 0.15) is 11.1 Å². The van der Waals surface area contributed by atoms with Gasteiger partial charge in [0.05, 0.1) is 0 Å². The fourth-order valence-electron chi connectivity index (χ4n) is 0.807. The van der Waals surface area contributed by atoms with Gasteiger partial charge in [0.15, 0.2) is 0 Å². The summed E-state index contributed by atoms with van der Waals surface area (Å²) in [5, 5.41) is 13.5. The third kappa shape index (κ3) is 12.6. The van der Waals surface area contributed by atoms with Gasteiger partial charge in [-0.3, -0.25) is 9.59 Å². The molecule has 0 N–H and O–H groups in total. The first-order chi connectivity index (χ1) is 6.62. The van der Waals surface area contributed by atoms with Crippen molar-refractivity contribution in [3.63, 3.8) is 0 Å². The molecule has 0 aliphatic heterocycles. The van der Waals surface area contributed by atoms with E-state index < -0.39 is 0 Å². The quantitative estimate of drug-likeness (QED) is 0.463. The SMILES string of the molecule is Cc1cccc(C)c1.[N-]=C=O.[N-]=C=O. The van der Waals surface area contributed by atoms with E-state index in [2.05, 4.69) is 38.1 Å². The Labute approximate surface area is 82.6 Å². The highest BCUT2D eigenvalue weighted by atomic mass is 16.1. The van der Waals surface area contributed by atoms with Crippen molar-refractivity contribution in [2.24, 2.45) is 0 Å². The van der Waals surface area contributed by atoms with Crippen molar-refractivity contribution >= 4 is 12.2 Å². The minimum absolute atomic E-state index is 0.500. The minimum Gasteiger partial charge on any atom is -0.724 e. The monoisotopic (exact) mass is 190 g/mol. The largest absolute Gasteiger partial charge is 0.724 e. The molecule has 0 aliphatic carbocycles. The van der Waals surface area contributed by atoms with Gasteiger partial charge in [0.25, 0.3) is 0 Å². The van der Waals surface area contributed by atoms with Gasteiger partial charge in [-0.05, 0) is 26.0 Å². The molecular formula is C10H10N2O2-2. The number of carbonyl (C=O) groups excluding carboxylic acids is 2.